The van der Waals surface area contributed by atoms with Gasteiger partial charge in [0.1, 0.15) is 6.04 Å². The van der Waals surface area contributed by atoms with Crippen molar-refractivity contribution in [3.05, 3.63) is 35.4 Å². The number of hydrogen-bond donors (Lipinski definition) is 0. The Morgan fingerprint density at radius 3 is 2.05 bits per heavy atom. The molecule has 0 bridgehead atoms. The molecule has 0 fully saturated rings. The standard InChI is InChI=1S/C14H14ClNO3/c1-3-8(2)11(12(15)17)16-13(18)9-6-4-5-7-10(9)14(16)19/h4-8,11H,3H2,1-2H3/t8-,11+/m1/s1. The molecule has 0 saturated carbocycles. The van der Waals surface area contributed by atoms with Gasteiger partial charge >= 0.3 is 0 Å². The molecule has 0 saturated heterocycles. The molecule has 0 aromatic heterocycles. The van der Waals surface area contributed by atoms with Crippen molar-refractivity contribution >= 4 is 28.7 Å². The van der Waals surface area contributed by atoms with Crippen molar-refractivity contribution in [3.63, 3.8) is 0 Å². The van der Waals surface area contributed by atoms with Gasteiger partial charge in [-0.2, -0.15) is 0 Å². The summed E-state index contributed by atoms with van der Waals surface area (Å²) in [6.07, 6.45) is 0.649. The van der Waals surface area contributed by atoms with Gasteiger partial charge in [0, 0.05) is 0 Å². The van der Waals surface area contributed by atoms with Crippen LogP contribution in [0.15, 0.2) is 24.3 Å². The van der Waals surface area contributed by atoms with E-state index in [1.165, 1.54) is 0 Å². The number of imide groups is 1. The number of carbonyl (C=O) groups excluding carboxylic acids is 3. The molecule has 2 atom stereocenters. The molecule has 100 valence electrons. The zero-order valence-electron chi connectivity index (χ0n) is 10.7. The van der Waals surface area contributed by atoms with Gasteiger partial charge in [-0.25, -0.2) is 0 Å². The third kappa shape index (κ3) is 2.16. The molecule has 0 unspecified atom stereocenters. The first-order chi connectivity index (χ1) is 8.99. The number of halogens is 1. The minimum Gasteiger partial charge on any atom is -0.279 e. The van der Waals surface area contributed by atoms with Crippen molar-refractivity contribution in [2.75, 3.05) is 0 Å². The lowest BCUT2D eigenvalue weighted by Crippen LogP contribution is -2.47. The second kappa shape index (κ2) is 5.13. The van der Waals surface area contributed by atoms with Crippen LogP contribution in [-0.2, 0) is 4.79 Å². The maximum absolute atomic E-state index is 12.3. The topological polar surface area (TPSA) is 54.5 Å². The van der Waals surface area contributed by atoms with E-state index in [-0.39, 0.29) is 5.92 Å². The van der Waals surface area contributed by atoms with Gasteiger partial charge in [0.15, 0.2) is 0 Å². The van der Waals surface area contributed by atoms with Crippen molar-refractivity contribution in [1.29, 1.82) is 0 Å². The molecule has 0 radical (unpaired) electrons. The lowest BCUT2D eigenvalue weighted by Gasteiger charge is -2.27. The van der Waals surface area contributed by atoms with Gasteiger partial charge in [-0.15, -0.1) is 0 Å². The molecule has 5 heteroatoms. The monoisotopic (exact) mass is 279 g/mol. The molecule has 1 heterocycles. The lowest BCUT2D eigenvalue weighted by atomic mass is 9.99. The van der Waals surface area contributed by atoms with E-state index >= 15 is 0 Å². The number of carbonyl (C=O) groups is 3. The van der Waals surface area contributed by atoms with E-state index in [1.807, 2.05) is 6.92 Å². The first-order valence-electron chi connectivity index (χ1n) is 6.15. The Bertz CT molecular complexity index is 520. The van der Waals surface area contributed by atoms with Gasteiger partial charge in [0.25, 0.3) is 11.8 Å². The van der Waals surface area contributed by atoms with Crippen LogP contribution in [0, 0.1) is 5.92 Å². The summed E-state index contributed by atoms with van der Waals surface area (Å²) in [4.78, 5) is 37.1. The Balaban J connectivity index is 2.45. The van der Waals surface area contributed by atoms with Crippen LogP contribution in [0.4, 0.5) is 0 Å². The average molecular weight is 280 g/mol. The Kier molecular flexibility index (Phi) is 3.71. The predicted molar refractivity (Wildman–Crippen MR) is 71.0 cm³/mol. The summed E-state index contributed by atoms with van der Waals surface area (Å²) in [5, 5.41) is -0.677. The van der Waals surface area contributed by atoms with E-state index in [9.17, 15) is 14.4 Å². The van der Waals surface area contributed by atoms with Gasteiger partial charge in [-0.3, -0.25) is 19.3 Å². The molecule has 0 spiro atoms. The highest BCUT2D eigenvalue weighted by Gasteiger charge is 2.43. The third-order valence-electron chi connectivity index (χ3n) is 3.52. The summed E-state index contributed by atoms with van der Waals surface area (Å²) in [5.41, 5.74) is 0.664. The second-order valence-corrected chi connectivity index (χ2v) is 5.03. The molecule has 2 rings (SSSR count). The fraction of sp³-hybridized carbons (Fsp3) is 0.357. The van der Waals surface area contributed by atoms with Gasteiger partial charge in [-0.1, -0.05) is 32.4 Å². The number of fused-ring (bicyclic) bond motifs is 1. The first kappa shape index (κ1) is 13.7. The molecule has 4 nitrogen and oxygen atoms in total. The van der Waals surface area contributed by atoms with Gasteiger partial charge in [-0.05, 0) is 29.7 Å². The molecule has 0 N–H and O–H groups in total. The Hall–Kier alpha value is -1.68. The van der Waals surface area contributed by atoms with E-state index in [1.54, 1.807) is 31.2 Å². The van der Waals surface area contributed by atoms with Gasteiger partial charge in [0.2, 0.25) is 5.24 Å². The van der Waals surface area contributed by atoms with Crippen LogP contribution in [0.5, 0.6) is 0 Å². The van der Waals surface area contributed by atoms with Crippen LogP contribution in [0.2, 0.25) is 0 Å². The number of amides is 2. The second-order valence-electron chi connectivity index (χ2n) is 4.66. The maximum atomic E-state index is 12.3. The predicted octanol–water partition coefficient (Wildman–Crippen LogP) is 2.46. The van der Waals surface area contributed by atoms with Crippen LogP contribution < -0.4 is 0 Å². The smallest absolute Gasteiger partial charge is 0.262 e. The fourth-order valence-corrected chi connectivity index (χ4v) is 2.58. The molecule has 19 heavy (non-hydrogen) atoms. The minimum absolute atomic E-state index is 0.174. The van der Waals surface area contributed by atoms with E-state index in [2.05, 4.69) is 0 Å². The van der Waals surface area contributed by atoms with Crippen LogP contribution in [0.3, 0.4) is 0 Å². The summed E-state index contributed by atoms with van der Waals surface area (Å²) >= 11 is 5.59. The SMILES string of the molecule is CC[C@@H](C)[C@@H](C(=O)Cl)N1C(=O)c2ccccc2C1=O. The molecule has 1 aromatic carbocycles. The Morgan fingerprint density at radius 1 is 1.21 bits per heavy atom. The third-order valence-corrected chi connectivity index (χ3v) is 3.74. The molecule has 0 aliphatic carbocycles. The van der Waals surface area contributed by atoms with Crippen molar-refractivity contribution in [2.45, 2.75) is 26.3 Å². The summed E-state index contributed by atoms with van der Waals surface area (Å²) < 4.78 is 0. The van der Waals surface area contributed by atoms with Crippen molar-refractivity contribution in [1.82, 2.24) is 4.90 Å². The molecular formula is C14H14ClNO3. The van der Waals surface area contributed by atoms with E-state index in [0.717, 1.165) is 4.90 Å². The molecule has 1 aromatic rings. The highest BCUT2D eigenvalue weighted by molar-refractivity contribution is 6.65. The number of rotatable bonds is 4. The normalized spacial score (nSPS) is 17.3. The molecular weight excluding hydrogens is 266 g/mol. The molecule has 2 amide bonds. The number of benzene rings is 1. The van der Waals surface area contributed by atoms with Crippen molar-refractivity contribution < 1.29 is 14.4 Å². The highest BCUT2D eigenvalue weighted by atomic mass is 35.5. The van der Waals surface area contributed by atoms with Crippen LogP contribution >= 0.6 is 11.6 Å². The van der Waals surface area contributed by atoms with E-state index in [4.69, 9.17) is 11.6 Å². The molecule has 1 aliphatic heterocycles. The number of hydrogen-bond acceptors (Lipinski definition) is 3. The quantitative estimate of drug-likeness (QED) is 0.628. The van der Waals surface area contributed by atoms with Crippen LogP contribution in [-0.4, -0.2) is 28.0 Å². The van der Waals surface area contributed by atoms with Crippen molar-refractivity contribution in [2.24, 2.45) is 5.92 Å². The largest absolute Gasteiger partial charge is 0.279 e. The summed E-state index contributed by atoms with van der Waals surface area (Å²) in [6.45, 7) is 3.68. The van der Waals surface area contributed by atoms with Gasteiger partial charge < -0.3 is 0 Å². The average Bonchev–Trinajstić information content (AvgIpc) is 2.64. The first-order valence-corrected chi connectivity index (χ1v) is 6.53. The van der Waals surface area contributed by atoms with E-state index < -0.39 is 23.1 Å². The highest BCUT2D eigenvalue weighted by Crippen LogP contribution is 2.28. The minimum atomic E-state index is -0.904. The summed E-state index contributed by atoms with van der Waals surface area (Å²) in [7, 11) is 0. The lowest BCUT2D eigenvalue weighted by molar-refractivity contribution is -0.116. The number of nitrogens with zero attached hydrogens (tertiary/aromatic N) is 1. The Morgan fingerprint density at radius 2 is 1.68 bits per heavy atom. The zero-order chi connectivity index (χ0) is 14.2. The Labute approximate surface area is 116 Å². The maximum Gasteiger partial charge on any atom is 0.262 e. The van der Waals surface area contributed by atoms with E-state index in [0.29, 0.717) is 17.5 Å². The van der Waals surface area contributed by atoms with Crippen LogP contribution in [0.25, 0.3) is 0 Å². The van der Waals surface area contributed by atoms with Crippen LogP contribution in [0.1, 0.15) is 41.0 Å². The fourth-order valence-electron chi connectivity index (χ4n) is 2.26. The molecule has 1 aliphatic rings. The zero-order valence-corrected chi connectivity index (χ0v) is 11.5. The summed E-state index contributed by atoms with van der Waals surface area (Å²) in [5.74, 6) is -1.06. The van der Waals surface area contributed by atoms with Gasteiger partial charge in [0.05, 0.1) is 11.1 Å². The summed E-state index contributed by atoms with van der Waals surface area (Å²) in [6, 6.07) is 5.64. The van der Waals surface area contributed by atoms with Crippen molar-refractivity contribution in [3.8, 4) is 0 Å².